The van der Waals surface area contributed by atoms with E-state index in [0.717, 1.165) is 0 Å². The molecular weight excluding hydrogens is 348 g/mol. The fourth-order valence-corrected chi connectivity index (χ4v) is 2.84. The third-order valence-electron chi connectivity index (χ3n) is 4.28. The van der Waals surface area contributed by atoms with Gasteiger partial charge in [0.05, 0.1) is 14.2 Å². The van der Waals surface area contributed by atoms with Gasteiger partial charge in [0.2, 0.25) is 0 Å². The Morgan fingerprint density at radius 3 is 2.20 bits per heavy atom. The van der Waals surface area contributed by atoms with Crippen molar-refractivity contribution in [2.24, 2.45) is 0 Å². The predicted molar refractivity (Wildman–Crippen MR) is 91.7 cm³/mol. The number of hydrogen-bond donors (Lipinski definition) is 0. The highest BCUT2D eigenvalue weighted by Gasteiger charge is 2.41. The first-order chi connectivity index (χ1) is 11.5. The standard InChI is InChI=1S/C16H28O8Si/c1-16(2,3)25(6,7)24-13-9-8-11(23-15(18)20-5)12(22-13)10-21-14(17)19-4/h8-9,11-13H,10H2,1-7H3/t11-,12+,13?/m0/s1. The molecule has 0 aliphatic carbocycles. The molecular formula is C16H28O8Si. The highest BCUT2D eigenvalue weighted by Crippen LogP contribution is 2.38. The average molecular weight is 376 g/mol. The summed E-state index contributed by atoms with van der Waals surface area (Å²) < 4.78 is 31.0. The first-order valence-corrected chi connectivity index (χ1v) is 10.9. The lowest BCUT2D eigenvalue weighted by atomic mass is 10.1. The fraction of sp³-hybridized carbons (Fsp3) is 0.750. The lowest BCUT2D eigenvalue weighted by molar-refractivity contribution is -0.154. The van der Waals surface area contributed by atoms with Gasteiger partial charge >= 0.3 is 12.3 Å². The van der Waals surface area contributed by atoms with E-state index in [9.17, 15) is 9.59 Å². The first kappa shape index (κ1) is 21.5. The van der Waals surface area contributed by atoms with Gasteiger partial charge in [-0.05, 0) is 30.3 Å². The van der Waals surface area contributed by atoms with Crippen molar-refractivity contribution in [2.45, 2.75) is 57.4 Å². The first-order valence-electron chi connectivity index (χ1n) is 7.97. The molecule has 0 aromatic carbocycles. The molecule has 3 atom stereocenters. The number of hydrogen-bond acceptors (Lipinski definition) is 8. The minimum absolute atomic E-state index is 0.00157. The Morgan fingerprint density at radius 2 is 1.68 bits per heavy atom. The van der Waals surface area contributed by atoms with Gasteiger partial charge in [-0.2, -0.15) is 0 Å². The van der Waals surface area contributed by atoms with Gasteiger partial charge in [-0.15, -0.1) is 0 Å². The van der Waals surface area contributed by atoms with Crippen LogP contribution < -0.4 is 0 Å². The van der Waals surface area contributed by atoms with E-state index in [-0.39, 0.29) is 11.6 Å². The molecule has 9 heteroatoms. The minimum atomic E-state index is -2.08. The van der Waals surface area contributed by atoms with E-state index in [2.05, 4.69) is 43.3 Å². The molecule has 0 bridgehead atoms. The van der Waals surface area contributed by atoms with Crippen molar-refractivity contribution in [1.29, 1.82) is 0 Å². The molecule has 0 radical (unpaired) electrons. The molecule has 8 nitrogen and oxygen atoms in total. The largest absolute Gasteiger partial charge is 0.508 e. The quantitative estimate of drug-likeness (QED) is 0.410. The number of rotatable bonds is 5. The van der Waals surface area contributed by atoms with Gasteiger partial charge in [0.1, 0.15) is 12.7 Å². The SMILES string of the molecule is COC(=O)OC[C@H]1OC(O[Si](C)(C)C(C)(C)C)C=C[C@@H]1OC(=O)OC. The number of carbonyl (C=O) groups excluding carboxylic acids is 2. The summed E-state index contributed by atoms with van der Waals surface area (Å²) in [7, 11) is 0.336. The summed E-state index contributed by atoms with van der Waals surface area (Å²) >= 11 is 0. The van der Waals surface area contributed by atoms with Crippen LogP contribution in [0.2, 0.25) is 18.1 Å². The fourth-order valence-electron chi connectivity index (χ4n) is 1.77. The van der Waals surface area contributed by atoms with Crippen molar-refractivity contribution < 1.29 is 37.7 Å². The van der Waals surface area contributed by atoms with Crippen molar-refractivity contribution in [1.82, 2.24) is 0 Å². The zero-order chi connectivity index (χ0) is 19.3. The summed E-state index contributed by atoms with van der Waals surface area (Å²) in [6, 6.07) is 0. The lowest BCUT2D eigenvalue weighted by Gasteiger charge is -2.40. The maximum absolute atomic E-state index is 11.4. The molecule has 0 aromatic rings. The second-order valence-corrected chi connectivity index (χ2v) is 11.9. The van der Waals surface area contributed by atoms with Crippen molar-refractivity contribution >= 4 is 20.6 Å². The molecule has 1 aliphatic heterocycles. The van der Waals surface area contributed by atoms with Crippen molar-refractivity contribution in [2.75, 3.05) is 20.8 Å². The van der Waals surface area contributed by atoms with Gasteiger partial charge in [0.15, 0.2) is 20.7 Å². The highest BCUT2D eigenvalue weighted by molar-refractivity contribution is 6.74. The Balaban J connectivity index is 2.84. The summed E-state index contributed by atoms with van der Waals surface area (Å²) in [5.74, 6) is 0. The van der Waals surface area contributed by atoms with Gasteiger partial charge in [-0.25, -0.2) is 9.59 Å². The molecule has 0 fully saturated rings. The van der Waals surface area contributed by atoms with Gasteiger partial charge in [-0.3, -0.25) is 0 Å². The highest BCUT2D eigenvalue weighted by atomic mass is 28.4. The molecule has 25 heavy (non-hydrogen) atoms. The Kier molecular flexibility index (Phi) is 7.45. The van der Waals surface area contributed by atoms with Gasteiger partial charge < -0.3 is 28.1 Å². The second-order valence-electron chi connectivity index (χ2n) is 7.11. The van der Waals surface area contributed by atoms with E-state index >= 15 is 0 Å². The second kappa shape index (κ2) is 8.68. The smallest absolute Gasteiger partial charge is 0.438 e. The van der Waals surface area contributed by atoms with Crippen molar-refractivity contribution in [3.8, 4) is 0 Å². The summed E-state index contributed by atoms with van der Waals surface area (Å²) in [6.07, 6.45) is -0.507. The van der Waals surface area contributed by atoms with Crippen LogP contribution in [0.25, 0.3) is 0 Å². The Hall–Kier alpha value is -1.58. The summed E-state index contributed by atoms with van der Waals surface area (Å²) in [5.41, 5.74) is 0. The number of methoxy groups -OCH3 is 2. The van der Waals surface area contributed by atoms with Crippen LogP contribution in [-0.2, 0) is 28.1 Å². The zero-order valence-electron chi connectivity index (χ0n) is 15.9. The van der Waals surface area contributed by atoms with Crippen LogP contribution in [0.4, 0.5) is 9.59 Å². The Bertz CT molecular complexity index is 497. The van der Waals surface area contributed by atoms with Gasteiger partial charge in [0, 0.05) is 0 Å². The zero-order valence-corrected chi connectivity index (χ0v) is 16.9. The maximum Gasteiger partial charge on any atom is 0.508 e. The van der Waals surface area contributed by atoms with Crippen LogP contribution in [0.1, 0.15) is 20.8 Å². The average Bonchev–Trinajstić information content (AvgIpc) is 2.52. The maximum atomic E-state index is 11.4. The molecule has 0 N–H and O–H groups in total. The van der Waals surface area contributed by atoms with E-state index in [0.29, 0.717) is 0 Å². The number of carbonyl (C=O) groups is 2. The molecule has 0 amide bonds. The molecule has 1 unspecified atom stereocenters. The van der Waals surface area contributed by atoms with Crippen LogP contribution >= 0.6 is 0 Å². The Morgan fingerprint density at radius 1 is 1.08 bits per heavy atom. The molecule has 144 valence electrons. The van der Waals surface area contributed by atoms with Crippen LogP contribution in [0, 0.1) is 0 Å². The van der Waals surface area contributed by atoms with Crippen LogP contribution in [0.3, 0.4) is 0 Å². The predicted octanol–water partition coefficient (Wildman–Crippen LogP) is 3.22. The normalized spacial score (nSPS) is 23.7. The Labute approximate surface area is 149 Å². The van der Waals surface area contributed by atoms with E-state index in [1.54, 1.807) is 12.2 Å². The molecule has 0 saturated carbocycles. The third-order valence-corrected chi connectivity index (χ3v) is 8.72. The van der Waals surface area contributed by atoms with Gasteiger partial charge in [0.25, 0.3) is 0 Å². The molecule has 1 aliphatic rings. The summed E-state index contributed by atoms with van der Waals surface area (Å²) in [4.78, 5) is 22.6. The van der Waals surface area contributed by atoms with E-state index in [1.165, 1.54) is 14.2 Å². The molecule has 0 spiro atoms. The van der Waals surface area contributed by atoms with Crippen LogP contribution in [0.15, 0.2) is 12.2 Å². The summed E-state index contributed by atoms with van der Waals surface area (Å²) in [6.45, 7) is 10.4. The van der Waals surface area contributed by atoms with Crippen LogP contribution in [-0.4, -0.2) is 60.0 Å². The monoisotopic (exact) mass is 376 g/mol. The lowest BCUT2D eigenvalue weighted by Crippen LogP contribution is -2.48. The molecule has 1 rings (SSSR count). The van der Waals surface area contributed by atoms with E-state index in [4.69, 9.17) is 18.6 Å². The van der Waals surface area contributed by atoms with E-state index in [1.807, 2.05) is 0 Å². The topological polar surface area (TPSA) is 89.5 Å². The molecule has 0 aromatic heterocycles. The third kappa shape index (κ3) is 6.33. The molecule has 1 heterocycles. The summed E-state index contributed by atoms with van der Waals surface area (Å²) in [5, 5.41) is 0.00157. The van der Waals surface area contributed by atoms with E-state index < -0.39 is 39.1 Å². The van der Waals surface area contributed by atoms with Crippen molar-refractivity contribution in [3.05, 3.63) is 12.2 Å². The number of ether oxygens (including phenoxy) is 5. The van der Waals surface area contributed by atoms with Crippen LogP contribution in [0.5, 0.6) is 0 Å². The minimum Gasteiger partial charge on any atom is -0.438 e. The molecule has 0 saturated heterocycles. The van der Waals surface area contributed by atoms with Gasteiger partial charge in [-0.1, -0.05) is 20.8 Å². The van der Waals surface area contributed by atoms with Crippen molar-refractivity contribution in [3.63, 3.8) is 0 Å².